The van der Waals surface area contributed by atoms with Crippen LogP contribution in [0.4, 0.5) is 5.69 Å². The molecule has 0 radical (unpaired) electrons. The zero-order valence-corrected chi connectivity index (χ0v) is 21.2. The topological polar surface area (TPSA) is 133 Å². The van der Waals surface area contributed by atoms with Gasteiger partial charge in [-0.2, -0.15) is 10.4 Å². The molecule has 2 N–H and O–H groups in total. The molecule has 0 spiro atoms. The molecule has 1 unspecified atom stereocenters. The molecule has 2 aromatic carbocycles. The van der Waals surface area contributed by atoms with E-state index in [0.29, 0.717) is 23.5 Å². The number of benzene rings is 2. The number of allylic oxidation sites excluding steroid dienone is 1. The second-order valence-corrected chi connectivity index (χ2v) is 8.23. The Morgan fingerprint density at radius 1 is 1.03 bits per heavy atom. The van der Waals surface area contributed by atoms with Crippen molar-refractivity contribution in [1.82, 2.24) is 9.78 Å². The number of methoxy groups -OCH3 is 2. The van der Waals surface area contributed by atoms with Crippen molar-refractivity contribution in [2.24, 2.45) is 5.73 Å². The van der Waals surface area contributed by atoms with Crippen molar-refractivity contribution in [1.29, 1.82) is 5.26 Å². The Balaban J connectivity index is 1.93. The summed E-state index contributed by atoms with van der Waals surface area (Å²) < 4.78 is 18.1. The number of ether oxygens (including phenoxy) is 3. The van der Waals surface area contributed by atoms with Crippen LogP contribution in [0, 0.1) is 11.3 Å². The highest BCUT2D eigenvalue weighted by atomic mass is 16.5. The van der Waals surface area contributed by atoms with E-state index in [2.05, 4.69) is 11.2 Å². The van der Waals surface area contributed by atoms with Crippen molar-refractivity contribution >= 4 is 17.6 Å². The predicted molar refractivity (Wildman–Crippen MR) is 138 cm³/mol. The Hall–Kier alpha value is -5.04. The minimum Gasteiger partial charge on any atom is -0.485 e. The van der Waals surface area contributed by atoms with Gasteiger partial charge in [-0.1, -0.05) is 42.5 Å². The number of hydrogen-bond donors (Lipinski definition) is 1. The van der Waals surface area contributed by atoms with E-state index in [1.54, 1.807) is 65.5 Å². The molecule has 0 saturated carbocycles. The molecule has 10 nitrogen and oxygen atoms in total. The summed E-state index contributed by atoms with van der Waals surface area (Å²) in [5.74, 6) is -2.25. The minimum absolute atomic E-state index is 0.0379. The third-order valence-corrected chi connectivity index (χ3v) is 6.20. The van der Waals surface area contributed by atoms with Crippen LogP contribution < -0.4 is 15.4 Å². The van der Waals surface area contributed by atoms with Crippen molar-refractivity contribution in [2.45, 2.75) is 26.0 Å². The van der Waals surface area contributed by atoms with Gasteiger partial charge in [0, 0.05) is 12.7 Å². The zero-order valence-electron chi connectivity index (χ0n) is 21.2. The smallest absolute Gasteiger partial charge is 0.355 e. The van der Waals surface area contributed by atoms with E-state index in [1.165, 1.54) is 19.1 Å². The van der Waals surface area contributed by atoms with Crippen LogP contribution in [-0.2, 0) is 32.2 Å². The van der Waals surface area contributed by atoms with Crippen LogP contribution in [0.2, 0.25) is 0 Å². The number of nitrogens with zero attached hydrogens (tertiary/aromatic N) is 4. The first kappa shape index (κ1) is 26.0. The Morgan fingerprint density at radius 2 is 1.71 bits per heavy atom. The number of aromatic nitrogens is 2. The maximum atomic E-state index is 13.3. The van der Waals surface area contributed by atoms with E-state index in [1.807, 2.05) is 13.0 Å². The molecular weight excluding hydrogens is 486 g/mol. The monoisotopic (exact) mass is 513 g/mol. The van der Waals surface area contributed by atoms with Crippen molar-refractivity contribution in [3.05, 3.63) is 101 Å². The molecule has 2 heterocycles. The lowest BCUT2D eigenvalue weighted by atomic mass is 9.81. The highest BCUT2D eigenvalue weighted by Crippen LogP contribution is 2.45. The first-order chi connectivity index (χ1) is 18.5. The van der Waals surface area contributed by atoms with Crippen LogP contribution in [0.15, 0.2) is 89.5 Å². The van der Waals surface area contributed by atoms with E-state index in [0.717, 1.165) is 5.69 Å². The normalized spacial score (nSPS) is 15.2. The molecule has 0 bridgehead atoms. The molecular formula is C28H27N5O5. The average molecular weight is 514 g/mol. The van der Waals surface area contributed by atoms with Crippen molar-refractivity contribution in [3.63, 3.8) is 0 Å². The Morgan fingerprint density at radius 3 is 2.37 bits per heavy atom. The van der Waals surface area contributed by atoms with E-state index in [9.17, 15) is 14.9 Å². The van der Waals surface area contributed by atoms with Gasteiger partial charge in [0.2, 0.25) is 0 Å². The van der Waals surface area contributed by atoms with Gasteiger partial charge in [-0.25, -0.2) is 9.59 Å². The molecule has 1 aliphatic heterocycles. The predicted octanol–water partition coefficient (Wildman–Crippen LogP) is 3.38. The second kappa shape index (κ2) is 11.3. The van der Waals surface area contributed by atoms with Crippen molar-refractivity contribution < 1.29 is 23.8 Å². The summed E-state index contributed by atoms with van der Waals surface area (Å²) in [5.41, 5.74) is 8.20. The summed E-state index contributed by atoms with van der Waals surface area (Å²) in [6, 6.07) is 19.7. The summed E-state index contributed by atoms with van der Waals surface area (Å²) in [4.78, 5) is 27.9. The maximum Gasteiger partial charge on any atom is 0.355 e. The molecule has 1 aromatic heterocycles. The van der Waals surface area contributed by atoms with Gasteiger partial charge in [-0.05, 0) is 30.7 Å². The van der Waals surface area contributed by atoms with Gasteiger partial charge >= 0.3 is 11.9 Å². The van der Waals surface area contributed by atoms with Gasteiger partial charge in [0.05, 0.1) is 48.7 Å². The molecule has 3 aromatic rings. The van der Waals surface area contributed by atoms with Crippen LogP contribution in [0.5, 0.6) is 5.75 Å². The summed E-state index contributed by atoms with van der Waals surface area (Å²) in [5, 5.41) is 14.5. The summed E-state index contributed by atoms with van der Waals surface area (Å²) in [7, 11) is 2.41. The van der Waals surface area contributed by atoms with Gasteiger partial charge in [0.25, 0.3) is 0 Å². The average Bonchev–Trinajstić information content (AvgIpc) is 3.43. The first-order valence-corrected chi connectivity index (χ1v) is 11.8. The summed E-state index contributed by atoms with van der Waals surface area (Å²) >= 11 is 0. The SMILES string of the molecule is CCn1nccc1COc1ccccc1N1C(N)=C(C#N)C(c2ccccc2)C(C(=O)OC)=C1C(=O)OC. The van der Waals surface area contributed by atoms with Crippen molar-refractivity contribution in [2.75, 3.05) is 19.1 Å². The van der Waals surface area contributed by atoms with Crippen LogP contribution in [0.3, 0.4) is 0 Å². The molecule has 0 saturated heterocycles. The molecule has 0 amide bonds. The molecule has 1 aliphatic rings. The number of nitriles is 1. The molecule has 0 aliphatic carbocycles. The molecule has 38 heavy (non-hydrogen) atoms. The zero-order chi connectivity index (χ0) is 27.2. The highest BCUT2D eigenvalue weighted by molar-refractivity contribution is 6.06. The standard InChI is InChI=1S/C28H27N5O5/c1-4-32-19(14-15-31-32)17-38-22-13-9-8-12-21(22)33-25(28(35)37-3)24(27(34)36-2)23(20(16-29)26(33)30)18-10-6-5-7-11-18/h5-15,23H,4,17,30H2,1-3H3. The molecule has 0 fully saturated rings. The highest BCUT2D eigenvalue weighted by Gasteiger charge is 2.43. The van der Waals surface area contributed by atoms with Crippen LogP contribution >= 0.6 is 0 Å². The number of aryl methyl sites for hydroxylation is 1. The van der Waals surface area contributed by atoms with E-state index in [-0.39, 0.29) is 29.3 Å². The Bertz CT molecular complexity index is 1450. The lowest BCUT2D eigenvalue weighted by Gasteiger charge is -2.36. The fraction of sp³-hybridized carbons (Fsp3) is 0.214. The molecule has 10 heteroatoms. The molecule has 1 atom stereocenters. The van der Waals surface area contributed by atoms with Gasteiger partial charge in [0.1, 0.15) is 23.9 Å². The third-order valence-electron chi connectivity index (χ3n) is 6.20. The summed E-state index contributed by atoms with van der Waals surface area (Å²) in [6.45, 7) is 2.82. The molecule has 4 rings (SSSR count). The minimum atomic E-state index is -0.953. The van der Waals surface area contributed by atoms with Gasteiger partial charge < -0.3 is 19.9 Å². The molecule has 194 valence electrons. The number of carbonyl (C=O) groups excluding carboxylic acids is 2. The Labute approximate surface area is 220 Å². The lowest BCUT2D eigenvalue weighted by molar-refractivity contribution is -0.139. The largest absolute Gasteiger partial charge is 0.485 e. The fourth-order valence-electron chi connectivity index (χ4n) is 4.45. The van der Waals surface area contributed by atoms with Crippen molar-refractivity contribution in [3.8, 4) is 11.8 Å². The first-order valence-electron chi connectivity index (χ1n) is 11.8. The van der Waals surface area contributed by atoms with Crippen LogP contribution in [-0.4, -0.2) is 35.9 Å². The van der Waals surface area contributed by atoms with E-state index >= 15 is 0 Å². The van der Waals surface area contributed by atoms with Crippen LogP contribution in [0.25, 0.3) is 0 Å². The number of hydrogen-bond acceptors (Lipinski definition) is 9. The number of para-hydroxylation sites is 2. The maximum absolute atomic E-state index is 13.3. The van der Waals surface area contributed by atoms with Gasteiger partial charge in [0.15, 0.2) is 0 Å². The van der Waals surface area contributed by atoms with Gasteiger partial charge in [-0.3, -0.25) is 9.58 Å². The fourth-order valence-corrected chi connectivity index (χ4v) is 4.45. The van der Waals surface area contributed by atoms with E-state index in [4.69, 9.17) is 19.9 Å². The summed E-state index contributed by atoms with van der Waals surface area (Å²) in [6.07, 6.45) is 1.68. The van der Waals surface area contributed by atoms with E-state index < -0.39 is 17.9 Å². The number of nitrogens with two attached hydrogens (primary N) is 1. The van der Waals surface area contributed by atoms with Gasteiger partial charge in [-0.15, -0.1) is 0 Å². The number of anilines is 1. The third kappa shape index (κ3) is 4.69. The lowest BCUT2D eigenvalue weighted by Crippen LogP contribution is -2.41. The number of rotatable bonds is 8. The Kier molecular flexibility index (Phi) is 7.77. The second-order valence-electron chi connectivity index (χ2n) is 8.23. The quantitative estimate of drug-likeness (QED) is 0.450. The van der Waals surface area contributed by atoms with Crippen LogP contribution in [0.1, 0.15) is 24.1 Å². The number of esters is 2. The number of carbonyl (C=O) groups is 2.